The molecule has 0 aliphatic carbocycles. The van der Waals surface area contributed by atoms with Crippen LogP contribution < -0.4 is 11.5 Å². The van der Waals surface area contributed by atoms with E-state index in [0.29, 0.717) is 19.6 Å². The molecule has 1 saturated heterocycles. The van der Waals surface area contributed by atoms with Crippen LogP contribution in [0.2, 0.25) is 0 Å². The number of piperazine rings is 1. The first kappa shape index (κ1) is 15.5. The topological polar surface area (TPSA) is 119 Å². The average Bonchev–Trinajstić information content (AvgIpc) is 2.83. The zero-order valence-electron chi connectivity index (χ0n) is 12.1. The number of hydrogen-bond donors (Lipinski definition) is 2. The third kappa shape index (κ3) is 4.27. The van der Waals surface area contributed by atoms with Crippen LogP contribution in [0.15, 0.2) is 10.6 Å². The van der Waals surface area contributed by atoms with Gasteiger partial charge in [0.25, 0.3) is 0 Å². The molecule has 2 heterocycles. The first-order valence-electron chi connectivity index (χ1n) is 6.93. The summed E-state index contributed by atoms with van der Waals surface area (Å²) in [5, 5.41) is 3.85. The van der Waals surface area contributed by atoms with Crippen LogP contribution in [0, 0.1) is 6.92 Å². The van der Waals surface area contributed by atoms with Crippen molar-refractivity contribution < 1.29 is 14.1 Å². The van der Waals surface area contributed by atoms with E-state index in [0.717, 1.165) is 24.5 Å². The lowest BCUT2D eigenvalue weighted by Gasteiger charge is -2.35. The number of carbonyl (C=O) groups excluding carboxylic acids is 2. The maximum atomic E-state index is 12.0. The van der Waals surface area contributed by atoms with Crippen LogP contribution in [0.3, 0.4) is 0 Å². The zero-order valence-corrected chi connectivity index (χ0v) is 12.1. The normalized spacial score (nSPS) is 17.7. The van der Waals surface area contributed by atoms with Crippen LogP contribution in [-0.4, -0.2) is 59.0 Å². The molecule has 0 saturated carbocycles. The number of primary amides is 1. The summed E-state index contributed by atoms with van der Waals surface area (Å²) in [5.74, 6) is 0.0387. The quantitative estimate of drug-likeness (QED) is 0.706. The van der Waals surface area contributed by atoms with Crippen molar-refractivity contribution in [3.8, 4) is 0 Å². The minimum Gasteiger partial charge on any atom is -0.370 e. The second kappa shape index (κ2) is 6.68. The minimum absolute atomic E-state index is 0.115. The Morgan fingerprint density at radius 1 is 1.38 bits per heavy atom. The average molecular weight is 295 g/mol. The predicted molar refractivity (Wildman–Crippen MR) is 74.9 cm³/mol. The number of nitrogens with two attached hydrogens (primary N) is 2. The Bertz CT molecular complexity index is 508. The summed E-state index contributed by atoms with van der Waals surface area (Å²) >= 11 is 0. The fraction of sp³-hybridized carbons (Fsp3) is 0.615. The SMILES string of the molecule is Cc1cc(CN2CCN(C(=O)C(N)CC(N)=O)CC2)on1. The molecule has 0 spiro atoms. The van der Waals surface area contributed by atoms with Gasteiger partial charge in [-0.05, 0) is 6.92 Å². The summed E-state index contributed by atoms with van der Waals surface area (Å²) in [4.78, 5) is 26.7. The highest BCUT2D eigenvalue weighted by molar-refractivity contribution is 5.87. The van der Waals surface area contributed by atoms with Gasteiger partial charge in [0.2, 0.25) is 11.8 Å². The Morgan fingerprint density at radius 3 is 2.57 bits per heavy atom. The van der Waals surface area contributed by atoms with E-state index >= 15 is 0 Å². The molecule has 1 aromatic rings. The highest BCUT2D eigenvalue weighted by atomic mass is 16.5. The van der Waals surface area contributed by atoms with Gasteiger partial charge in [-0.1, -0.05) is 5.16 Å². The van der Waals surface area contributed by atoms with Crippen molar-refractivity contribution in [1.29, 1.82) is 0 Å². The summed E-state index contributed by atoms with van der Waals surface area (Å²) in [6.07, 6.45) is -0.115. The van der Waals surface area contributed by atoms with E-state index in [1.54, 1.807) is 4.90 Å². The van der Waals surface area contributed by atoms with Crippen LogP contribution in [0.1, 0.15) is 17.9 Å². The third-order valence-corrected chi connectivity index (χ3v) is 3.48. The Morgan fingerprint density at radius 2 is 2.05 bits per heavy atom. The second-order valence-corrected chi connectivity index (χ2v) is 5.31. The molecule has 0 bridgehead atoms. The van der Waals surface area contributed by atoms with Crippen molar-refractivity contribution in [2.75, 3.05) is 26.2 Å². The summed E-state index contributed by atoms with van der Waals surface area (Å²) in [7, 11) is 0. The molecular formula is C13H21N5O3. The number of aryl methyl sites for hydroxylation is 1. The molecule has 0 aromatic carbocycles. The van der Waals surface area contributed by atoms with Crippen LogP contribution >= 0.6 is 0 Å². The number of hydrogen-bond acceptors (Lipinski definition) is 6. The van der Waals surface area contributed by atoms with Gasteiger partial charge in [-0.3, -0.25) is 14.5 Å². The van der Waals surface area contributed by atoms with Crippen molar-refractivity contribution in [2.45, 2.75) is 25.9 Å². The van der Waals surface area contributed by atoms with Crippen LogP contribution in [0.5, 0.6) is 0 Å². The van der Waals surface area contributed by atoms with Crippen molar-refractivity contribution in [3.63, 3.8) is 0 Å². The second-order valence-electron chi connectivity index (χ2n) is 5.31. The van der Waals surface area contributed by atoms with E-state index in [2.05, 4.69) is 10.1 Å². The van der Waals surface area contributed by atoms with E-state index in [-0.39, 0.29) is 12.3 Å². The lowest BCUT2D eigenvalue weighted by molar-refractivity contribution is -0.136. The molecule has 0 radical (unpaired) electrons. The maximum Gasteiger partial charge on any atom is 0.240 e. The van der Waals surface area contributed by atoms with Crippen molar-refractivity contribution in [1.82, 2.24) is 15.0 Å². The largest absolute Gasteiger partial charge is 0.370 e. The number of rotatable bonds is 5. The molecule has 4 N–H and O–H groups in total. The summed E-state index contributed by atoms with van der Waals surface area (Å²) in [5.41, 5.74) is 11.6. The smallest absolute Gasteiger partial charge is 0.240 e. The van der Waals surface area contributed by atoms with Gasteiger partial charge >= 0.3 is 0 Å². The predicted octanol–water partition coefficient (Wildman–Crippen LogP) is -1.17. The highest BCUT2D eigenvalue weighted by Gasteiger charge is 2.26. The Kier molecular flexibility index (Phi) is 4.92. The van der Waals surface area contributed by atoms with Gasteiger partial charge in [0.15, 0.2) is 5.76 Å². The molecule has 2 rings (SSSR count). The fourth-order valence-corrected chi connectivity index (χ4v) is 2.38. The lowest BCUT2D eigenvalue weighted by Crippen LogP contribution is -2.53. The molecule has 1 fully saturated rings. The molecule has 1 aliphatic rings. The van der Waals surface area contributed by atoms with E-state index in [1.165, 1.54) is 0 Å². The van der Waals surface area contributed by atoms with Gasteiger partial charge in [0.05, 0.1) is 24.7 Å². The third-order valence-electron chi connectivity index (χ3n) is 3.48. The monoisotopic (exact) mass is 295 g/mol. The molecule has 1 unspecified atom stereocenters. The molecule has 1 aliphatic heterocycles. The molecule has 8 heteroatoms. The zero-order chi connectivity index (χ0) is 15.4. The number of aromatic nitrogens is 1. The Balaban J connectivity index is 1.80. The number of carbonyl (C=O) groups is 2. The summed E-state index contributed by atoms with van der Waals surface area (Å²) < 4.78 is 5.18. The highest BCUT2D eigenvalue weighted by Crippen LogP contribution is 2.10. The lowest BCUT2D eigenvalue weighted by atomic mass is 10.1. The van der Waals surface area contributed by atoms with E-state index in [4.69, 9.17) is 16.0 Å². The molecule has 1 aromatic heterocycles. The minimum atomic E-state index is -0.842. The van der Waals surface area contributed by atoms with Gasteiger partial charge in [0, 0.05) is 32.2 Å². The fourth-order valence-electron chi connectivity index (χ4n) is 2.38. The number of nitrogens with zero attached hydrogens (tertiary/aromatic N) is 3. The van der Waals surface area contributed by atoms with Crippen molar-refractivity contribution in [3.05, 3.63) is 17.5 Å². The molecule has 1 atom stereocenters. The van der Waals surface area contributed by atoms with Gasteiger partial charge in [-0.2, -0.15) is 0 Å². The summed E-state index contributed by atoms with van der Waals surface area (Å²) in [6, 6.07) is 1.06. The Hall–Kier alpha value is -1.93. The van der Waals surface area contributed by atoms with Crippen LogP contribution in [0.4, 0.5) is 0 Å². The van der Waals surface area contributed by atoms with E-state index in [1.807, 2.05) is 13.0 Å². The van der Waals surface area contributed by atoms with Gasteiger partial charge in [-0.15, -0.1) is 0 Å². The molecule has 8 nitrogen and oxygen atoms in total. The Labute approximate surface area is 123 Å². The molecule has 116 valence electrons. The maximum absolute atomic E-state index is 12.0. The first-order chi connectivity index (χ1) is 9.95. The van der Waals surface area contributed by atoms with Crippen molar-refractivity contribution in [2.24, 2.45) is 11.5 Å². The van der Waals surface area contributed by atoms with Crippen molar-refractivity contribution >= 4 is 11.8 Å². The van der Waals surface area contributed by atoms with Gasteiger partial charge < -0.3 is 20.9 Å². The number of amides is 2. The van der Waals surface area contributed by atoms with Gasteiger partial charge in [-0.25, -0.2) is 0 Å². The summed E-state index contributed by atoms with van der Waals surface area (Å²) in [6.45, 7) is 5.18. The van der Waals surface area contributed by atoms with Gasteiger partial charge in [0.1, 0.15) is 0 Å². The molecule has 2 amide bonds. The standard InChI is InChI=1S/C13H21N5O3/c1-9-6-10(21-16-9)8-17-2-4-18(5-3-17)13(20)11(14)7-12(15)19/h6,11H,2-5,7-8,14H2,1H3,(H2,15,19). The first-order valence-corrected chi connectivity index (χ1v) is 6.93. The van der Waals surface area contributed by atoms with E-state index in [9.17, 15) is 9.59 Å². The van der Waals surface area contributed by atoms with Crippen LogP contribution in [0.25, 0.3) is 0 Å². The molecular weight excluding hydrogens is 274 g/mol. The molecule has 21 heavy (non-hydrogen) atoms. The van der Waals surface area contributed by atoms with Crippen LogP contribution in [-0.2, 0) is 16.1 Å². The van der Waals surface area contributed by atoms with E-state index < -0.39 is 11.9 Å².